The van der Waals surface area contributed by atoms with Gasteiger partial charge in [0.2, 0.25) is 23.6 Å². The molecular weight excluding hydrogens is 751 g/mol. The number of carbonyl (C=O) groups is 6. The molecule has 1 unspecified atom stereocenters. The lowest BCUT2D eigenvalue weighted by Crippen LogP contribution is -2.60. The number of halogens is 3. The van der Waals surface area contributed by atoms with E-state index in [1.807, 2.05) is 60.7 Å². The third kappa shape index (κ3) is 16.2. The summed E-state index contributed by atoms with van der Waals surface area (Å²) in [6, 6.07) is 14.5. The molecule has 0 aliphatic carbocycles. The number of esters is 1. The first-order valence-corrected chi connectivity index (χ1v) is 18.3. The van der Waals surface area contributed by atoms with Crippen molar-refractivity contribution in [1.29, 1.82) is 0 Å². The summed E-state index contributed by atoms with van der Waals surface area (Å²) in [4.78, 5) is 77.2. The zero-order chi connectivity index (χ0) is 42.6. The van der Waals surface area contributed by atoms with E-state index in [0.717, 1.165) is 11.1 Å². The maximum atomic E-state index is 13.8. The number of hydrogen-bond acceptors (Lipinski definition) is 10. The molecule has 15 nitrogen and oxygen atoms in total. The average molecular weight is 804 g/mol. The number of piperidine rings is 1. The van der Waals surface area contributed by atoms with Gasteiger partial charge in [0.25, 0.3) is 0 Å². The Kier molecular flexibility index (Phi) is 19.7. The van der Waals surface area contributed by atoms with Gasteiger partial charge in [-0.3, -0.25) is 24.0 Å². The number of nitrogens with two attached hydrogens (primary N) is 3. The molecule has 4 atom stereocenters. The van der Waals surface area contributed by atoms with Crippen LogP contribution in [0.2, 0.25) is 0 Å². The number of nitrogens with zero attached hydrogens (tertiary/aromatic N) is 1. The third-order valence-electron chi connectivity index (χ3n) is 9.03. The number of carboxylic acids is 1. The summed E-state index contributed by atoms with van der Waals surface area (Å²) in [5, 5.41) is 15.5. The Hall–Kier alpha value is -5.51. The number of likely N-dealkylation sites (tertiary alicyclic amines) is 1. The van der Waals surface area contributed by atoms with Gasteiger partial charge in [-0.2, -0.15) is 13.2 Å². The number of carboxylic acid groups (broad SMARTS) is 1. The number of carbonyl (C=O) groups excluding carboxylic acids is 5. The molecule has 312 valence electrons. The van der Waals surface area contributed by atoms with Gasteiger partial charge in [-0.15, -0.1) is 11.8 Å². The quantitative estimate of drug-likeness (QED) is 0.0673. The predicted octanol–water partition coefficient (Wildman–Crippen LogP) is 0.922. The van der Waals surface area contributed by atoms with Crippen LogP contribution in [0.15, 0.2) is 60.7 Å². The topological polar surface area (TPSA) is 249 Å². The summed E-state index contributed by atoms with van der Waals surface area (Å²) in [6.07, 6.45) is -2.74. The van der Waals surface area contributed by atoms with Crippen LogP contribution in [0, 0.1) is 11.8 Å². The fraction of sp³-hybridized carbons (Fsp3) is 0.487. The minimum Gasteiger partial charge on any atom is -0.475 e. The van der Waals surface area contributed by atoms with Crippen molar-refractivity contribution in [2.24, 2.45) is 17.2 Å². The Morgan fingerprint density at radius 3 is 1.82 bits per heavy atom. The molecule has 2 aromatic rings. The number of aliphatic carboxylic acids is 1. The summed E-state index contributed by atoms with van der Waals surface area (Å²) in [5.41, 5.74) is 18.7. The Labute approximate surface area is 329 Å². The Morgan fingerprint density at radius 1 is 0.842 bits per heavy atom. The van der Waals surface area contributed by atoms with Gasteiger partial charge >= 0.3 is 18.1 Å². The first-order chi connectivity index (χ1) is 26.9. The lowest BCUT2D eigenvalue weighted by molar-refractivity contribution is -0.192. The smallest absolute Gasteiger partial charge is 0.475 e. The number of nitrogens with one attached hydrogen (secondary N) is 3. The fourth-order valence-corrected chi connectivity index (χ4v) is 5.76. The molecule has 0 bridgehead atoms. The van der Waals surface area contributed by atoms with E-state index in [1.165, 1.54) is 7.11 Å². The van der Waals surface area contributed by atoms with Crippen molar-refractivity contribution in [2.75, 3.05) is 26.7 Å². The summed E-state index contributed by atoms with van der Waals surface area (Å²) in [5.74, 6) is 0.272. The van der Waals surface area contributed by atoms with Gasteiger partial charge in [0.15, 0.2) is 0 Å². The molecule has 10 N–H and O–H groups in total. The summed E-state index contributed by atoms with van der Waals surface area (Å²) in [7, 11) is 1.27. The summed E-state index contributed by atoms with van der Waals surface area (Å²) in [6.45, 7) is 2.46. The van der Waals surface area contributed by atoms with Crippen LogP contribution in [0.25, 0.3) is 0 Å². The van der Waals surface area contributed by atoms with E-state index >= 15 is 0 Å². The molecule has 1 fully saturated rings. The lowest BCUT2D eigenvalue weighted by atomic mass is 9.88. The van der Waals surface area contributed by atoms with Crippen molar-refractivity contribution in [1.82, 2.24) is 20.9 Å². The number of unbranched alkanes of at least 4 members (excludes halogenated alkanes) is 1. The van der Waals surface area contributed by atoms with Gasteiger partial charge in [-0.05, 0) is 63.1 Å². The SMILES string of the molecule is CC#CCC(NC(=O)[C@@H](Cc1ccccc1)NC(=O)[C@H](N)Cc1ccccc1)C(=O)N[C@H](CCCCN)C(=O)N1CCC(N)(C(=O)OC)CC1.O=C(O)C(F)(F)F. The van der Waals surface area contributed by atoms with Gasteiger partial charge in [0.1, 0.15) is 23.7 Å². The largest absolute Gasteiger partial charge is 0.490 e. The Morgan fingerprint density at radius 2 is 1.33 bits per heavy atom. The minimum absolute atomic E-state index is 0.0319. The highest BCUT2D eigenvalue weighted by molar-refractivity contribution is 5.95. The first-order valence-electron chi connectivity index (χ1n) is 18.3. The van der Waals surface area contributed by atoms with Crippen LogP contribution < -0.4 is 33.2 Å². The molecule has 57 heavy (non-hydrogen) atoms. The molecule has 18 heteroatoms. The number of rotatable bonds is 17. The van der Waals surface area contributed by atoms with E-state index in [4.69, 9.17) is 31.8 Å². The molecule has 1 aliphatic heterocycles. The number of alkyl halides is 3. The molecule has 2 aromatic carbocycles. The van der Waals surface area contributed by atoms with Gasteiger partial charge in [0, 0.05) is 25.9 Å². The van der Waals surface area contributed by atoms with Crippen molar-refractivity contribution in [3.05, 3.63) is 71.8 Å². The monoisotopic (exact) mass is 803 g/mol. The second-order valence-corrected chi connectivity index (χ2v) is 13.4. The maximum absolute atomic E-state index is 13.8. The Balaban J connectivity index is 0.00000146. The standard InChI is InChI=1S/C37H51N7O6.C2HF3O2/c1-3-4-17-29(33(46)42-30(18-11-12-21-38)35(48)44-22-19-37(40,20-23-44)36(49)50-2)41-34(47)31(25-27-15-9-6-10-16-27)43-32(45)28(39)24-26-13-7-5-8-14-26;3-2(4,5)1(6)7/h5-10,13-16,28-31H,11-12,17-25,38-40H2,1-2H3,(H,41,47)(H,42,46)(H,43,45);(H,6,7)/t28-,29?,30-,31-;/m1./s1. The van der Waals surface area contributed by atoms with E-state index in [0.29, 0.717) is 25.8 Å². The molecule has 3 rings (SSSR count). The normalized spacial score (nSPS) is 15.4. The van der Waals surface area contributed by atoms with Gasteiger partial charge in [-0.25, -0.2) is 4.79 Å². The average Bonchev–Trinajstić information content (AvgIpc) is 3.19. The first kappa shape index (κ1) is 47.6. The summed E-state index contributed by atoms with van der Waals surface area (Å²) < 4.78 is 36.6. The van der Waals surface area contributed by atoms with Crippen LogP contribution in [0.4, 0.5) is 13.2 Å². The molecular formula is C39H52F3N7O8. The Bertz CT molecular complexity index is 1700. The van der Waals surface area contributed by atoms with E-state index in [-0.39, 0.29) is 51.1 Å². The van der Waals surface area contributed by atoms with Crippen LogP contribution >= 0.6 is 0 Å². The lowest BCUT2D eigenvalue weighted by Gasteiger charge is -2.38. The van der Waals surface area contributed by atoms with Crippen LogP contribution in [0.3, 0.4) is 0 Å². The van der Waals surface area contributed by atoms with E-state index in [9.17, 15) is 37.1 Å². The molecule has 1 aliphatic rings. The van der Waals surface area contributed by atoms with E-state index < -0.39 is 65.5 Å². The number of hydrogen-bond donors (Lipinski definition) is 7. The van der Waals surface area contributed by atoms with Crippen molar-refractivity contribution in [2.45, 2.75) is 94.2 Å². The molecule has 0 saturated carbocycles. The van der Waals surface area contributed by atoms with Crippen LogP contribution in [-0.2, 0) is 46.3 Å². The maximum Gasteiger partial charge on any atom is 0.490 e. The number of amides is 4. The zero-order valence-corrected chi connectivity index (χ0v) is 32.0. The van der Waals surface area contributed by atoms with E-state index in [2.05, 4.69) is 27.8 Å². The number of methoxy groups -OCH3 is 1. The highest BCUT2D eigenvalue weighted by Gasteiger charge is 2.41. The molecule has 4 amide bonds. The van der Waals surface area contributed by atoms with Gasteiger partial charge in [0.05, 0.1) is 13.2 Å². The molecule has 1 saturated heterocycles. The molecule has 0 aromatic heterocycles. The number of ether oxygens (including phenoxy) is 1. The zero-order valence-electron chi connectivity index (χ0n) is 32.0. The van der Waals surface area contributed by atoms with Crippen LogP contribution in [0.5, 0.6) is 0 Å². The molecule has 0 spiro atoms. The number of benzene rings is 2. The van der Waals surface area contributed by atoms with Gasteiger partial charge in [-0.1, -0.05) is 60.7 Å². The van der Waals surface area contributed by atoms with Crippen molar-refractivity contribution < 1.29 is 51.8 Å². The second-order valence-electron chi connectivity index (χ2n) is 13.4. The highest BCUT2D eigenvalue weighted by atomic mass is 19.4. The van der Waals surface area contributed by atoms with Crippen LogP contribution in [0.1, 0.15) is 56.6 Å². The predicted molar refractivity (Wildman–Crippen MR) is 203 cm³/mol. The van der Waals surface area contributed by atoms with Crippen LogP contribution in [-0.4, -0.2) is 108 Å². The van der Waals surface area contributed by atoms with Crippen molar-refractivity contribution in [3.8, 4) is 11.8 Å². The molecule has 1 heterocycles. The summed E-state index contributed by atoms with van der Waals surface area (Å²) >= 11 is 0. The van der Waals surface area contributed by atoms with Gasteiger partial charge < -0.3 is 47.9 Å². The van der Waals surface area contributed by atoms with E-state index in [1.54, 1.807) is 11.8 Å². The highest BCUT2D eigenvalue weighted by Crippen LogP contribution is 2.22. The fourth-order valence-electron chi connectivity index (χ4n) is 5.76. The second kappa shape index (κ2) is 23.5. The third-order valence-corrected chi connectivity index (χ3v) is 9.03. The van der Waals surface area contributed by atoms with Crippen molar-refractivity contribution >= 4 is 35.6 Å². The van der Waals surface area contributed by atoms with Crippen molar-refractivity contribution in [3.63, 3.8) is 0 Å². The molecule has 0 radical (unpaired) electrons. The minimum atomic E-state index is -5.08.